The fourth-order valence-electron chi connectivity index (χ4n) is 1.61. The first-order chi connectivity index (χ1) is 5.38. The van der Waals surface area contributed by atoms with E-state index in [1.165, 1.54) is 6.26 Å². The van der Waals surface area contributed by atoms with E-state index in [1.54, 1.807) is 0 Å². The van der Waals surface area contributed by atoms with Gasteiger partial charge in [-0.2, -0.15) is 0 Å². The monoisotopic (exact) mass is 191 g/mol. The van der Waals surface area contributed by atoms with Crippen molar-refractivity contribution in [1.29, 1.82) is 0 Å². The van der Waals surface area contributed by atoms with Crippen LogP contribution in [-0.2, 0) is 10.0 Å². The highest BCUT2D eigenvalue weighted by molar-refractivity contribution is 7.88. The molecule has 0 aromatic carbocycles. The molecule has 1 aliphatic rings. The summed E-state index contributed by atoms with van der Waals surface area (Å²) in [5, 5.41) is 0. The zero-order valence-electron chi connectivity index (χ0n) is 7.87. The lowest BCUT2D eigenvalue weighted by atomic mass is 9.74. The van der Waals surface area contributed by atoms with Crippen LogP contribution in [0, 0.1) is 11.8 Å². The summed E-state index contributed by atoms with van der Waals surface area (Å²) in [6.45, 7) is 4.36. The fraction of sp³-hybridized carbons (Fsp3) is 1.00. The molecule has 0 saturated heterocycles. The van der Waals surface area contributed by atoms with E-state index >= 15 is 0 Å². The largest absolute Gasteiger partial charge is 0.213 e. The Labute approximate surface area is 74.6 Å². The molecule has 0 heterocycles. The summed E-state index contributed by atoms with van der Waals surface area (Å²) in [4.78, 5) is 0. The van der Waals surface area contributed by atoms with E-state index in [-0.39, 0.29) is 6.04 Å². The molecule has 1 rings (SSSR count). The zero-order chi connectivity index (χ0) is 9.35. The van der Waals surface area contributed by atoms with Crippen LogP contribution in [0.4, 0.5) is 0 Å². The van der Waals surface area contributed by atoms with Gasteiger partial charge in [0.15, 0.2) is 0 Å². The number of sulfonamides is 1. The minimum absolute atomic E-state index is 0.201. The SMILES string of the molecule is CC(C)[C@H]1C[C@@H](NS(C)(=O)=O)C1. The van der Waals surface area contributed by atoms with E-state index in [9.17, 15) is 8.42 Å². The molecule has 0 amide bonds. The molecule has 0 atom stereocenters. The van der Waals surface area contributed by atoms with Crippen molar-refractivity contribution >= 4 is 10.0 Å². The van der Waals surface area contributed by atoms with Crippen LogP contribution >= 0.6 is 0 Å². The predicted molar refractivity (Wildman–Crippen MR) is 49.3 cm³/mol. The van der Waals surface area contributed by atoms with Crippen LogP contribution in [0.2, 0.25) is 0 Å². The smallest absolute Gasteiger partial charge is 0.208 e. The molecule has 0 aliphatic heterocycles. The predicted octanol–water partition coefficient (Wildman–Crippen LogP) is 0.970. The third-order valence-electron chi connectivity index (χ3n) is 2.50. The summed E-state index contributed by atoms with van der Waals surface area (Å²) in [5.74, 6) is 1.40. The van der Waals surface area contributed by atoms with Crippen molar-refractivity contribution in [3.63, 3.8) is 0 Å². The highest BCUT2D eigenvalue weighted by Crippen LogP contribution is 2.33. The van der Waals surface area contributed by atoms with Gasteiger partial charge in [-0.3, -0.25) is 0 Å². The highest BCUT2D eigenvalue weighted by Gasteiger charge is 2.32. The zero-order valence-corrected chi connectivity index (χ0v) is 8.69. The molecule has 0 radical (unpaired) electrons. The molecule has 12 heavy (non-hydrogen) atoms. The molecule has 72 valence electrons. The lowest BCUT2D eigenvalue weighted by molar-refractivity contribution is 0.187. The van der Waals surface area contributed by atoms with Gasteiger partial charge in [0.25, 0.3) is 0 Å². The van der Waals surface area contributed by atoms with E-state index in [2.05, 4.69) is 18.6 Å². The van der Waals surface area contributed by atoms with Gasteiger partial charge in [0.1, 0.15) is 0 Å². The lowest BCUT2D eigenvalue weighted by Crippen LogP contribution is -2.45. The molecule has 0 aromatic heterocycles. The van der Waals surface area contributed by atoms with E-state index in [1.807, 2.05) is 0 Å². The number of hydrogen-bond donors (Lipinski definition) is 1. The van der Waals surface area contributed by atoms with Crippen LogP contribution < -0.4 is 4.72 Å². The molecule has 1 saturated carbocycles. The second-order valence-corrected chi connectivity index (χ2v) is 5.84. The molecule has 0 spiro atoms. The lowest BCUT2D eigenvalue weighted by Gasteiger charge is -2.37. The van der Waals surface area contributed by atoms with Crippen LogP contribution in [-0.4, -0.2) is 20.7 Å². The number of hydrogen-bond acceptors (Lipinski definition) is 2. The first-order valence-corrected chi connectivity index (χ1v) is 6.25. The van der Waals surface area contributed by atoms with Crippen LogP contribution in [0.15, 0.2) is 0 Å². The van der Waals surface area contributed by atoms with E-state index < -0.39 is 10.0 Å². The van der Waals surface area contributed by atoms with E-state index in [0.29, 0.717) is 11.8 Å². The third kappa shape index (κ3) is 2.75. The second kappa shape index (κ2) is 3.34. The van der Waals surface area contributed by atoms with Gasteiger partial charge in [0.05, 0.1) is 6.26 Å². The Morgan fingerprint density at radius 2 is 1.83 bits per heavy atom. The summed E-state index contributed by atoms with van der Waals surface area (Å²) >= 11 is 0. The normalized spacial score (nSPS) is 30.3. The van der Waals surface area contributed by atoms with Gasteiger partial charge in [-0.25, -0.2) is 13.1 Å². The van der Waals surface area contributed by atoms with Crippen molar-refractivity contribution in [3.8, 4) is 0 Å². The third-order valence-corrected chi connectivity index (χ3v) is 3.26. The van der Waals surface area contributed by atoms with Gasteiger partial charge < -0.3 is 0 Å². The van der Waals surface area contributed by atoms with Crippen LogP contribution in [0.25, 0.3) is 0 Å². The Hall–Kier alpha value is -0.0900. The van der Waals surface area contributed by atoms with E-state index in [0.717, 1.165) is 12.8 Å². The first kappa shape index (κ1) is 9.99. The Morgan fingerprint density at radius 3 is 2.17 bits per heavy atom. The molecule has 0 aromatic rings. The summed E-state index contributed by atoms with van der Waals surface area (Å²) in [5.41, 5.74) is 0. The Balaban J connectivity index is 2.27. The quantitative estimate of drug-likeness (QED) is 0.722. The highest BCUT2D eigenvalue weighted by atomic mass is 32.2. The average Bonchev–Trinajstić information content (AvgIpc) is 1.74. The Kier molecular flexibility index (Phi) is 2.78. The minimum atomic E-state index is -2.98. The summed E-state index contributed by atoms with van der Waals surface area (Å²) < 4.78 is 24.2. The molecular formula is C8H17NO2S. The minimum Gasteiger partial charge on any atom is -0.213 e. The topological polar surface area (TPSA) is 46.2 Å². The van der Waals surface area contributed by atoms with Crippen molar-refractivity contribution < 1.29 is 8.42 Å². The molecule has 3 nitrogen and oxygen atoms in total. The van der Waals surface area contributed by atoms with Crippen molar-refractivity contribution in [3.05, 3.63) is 0 Å². The van der Waals surface area contributed by atoms with Gasteiger partial charge in [0, 0.05) is 6.04 Å². The summed E-state index contributed by atoms with van der Waals surface area (Å²) in [6.07, 6.45) is 3.23. The van der Waals surface area contributed by atoms with Crippen LogP contribution in [0.5, 0.6) is 0 Å². The number of nitrogens with one attached hydrogen (secondary N) is 1. The Bertz CT molecular complexity index is 240. The van der Waals surface area contributed by atoms with Gasteiger partial charge in [-0.1, -0.05) is 13.8 Å². The van der Waals surface area contributed by atoms with Gasteiger partial charge in [0.2, 0.25) is 10.0 Å². The average molecular weight is 191 g/mol. The molecule has 0 unspecified atom stereocenters. The summed E-state index contributed by atoms with van der Waals surface area (Å²) in [7, 11) is -2.98. The number of rotatable bonds is 3. The molecular weight excluding hydrogens is 174 g/mol. The standard InChI is InChI=1S/C8H17NO2S/c1-6(2)7-4-8(5-7)9-12(3,10)11/h6-9H,4-5H2,1-3H3/t7-,8+. The fourth-order valence-corrected chi connectivity index (χ4v) is 2.40. The molecule has 1 N–H and O–H groups in total. The maximum atomic E-state index is 10.8. The molecule has 1 aliphatic carbocycles. The van der Waals surface area contributed by atoms with Crippen molar-refractivity contribution in [1.82, 2.24) is 4.72 Å². The van der Waals surface area contributed by atoms with Crippen molar-refractivity contribution in [2.75, 3.05) is 6.26 Å². The van der Waals surface area contributed by atoms with Crippen molar-refractivity contribution in [2.45, 2.75) is 32.7 Å². The van der Waals surface area contributed by atoms with Gasteiger partial charge in [-0.05, 0) is 24.7 Å². The van der Waals surface area contributed by atoms with Crippen LogP contribution in [0.1, 0.15) is 26.7 Å². The molecule has 1 fully saturated rings. The van der Waals surface area contributed by atoms with E-state index in [4.69, 9.17) is 0 Å². The summed E-state index contributed by atoms with van der Waals surface area (Å²) in [6, 6.07) is 0.201. The van der Waals surface area contributed by atoms with Crippen LogP contribution in [0.3, 0.4) is 0 Å². The van der Waals surface area contributed by atoms with Gasteiger partial charge >= 0.3 is 0 Å². The molecule has 0 bridgehead atoms. The maximum absolute atomic E-state index is 10.8. The van der Waals surface area contributed by atoms with Crippen molar-refractivity contribution in [2.24, 2.45) is 11.8 Å². The molecule has 4 heteroatoms. The Morgan fingerprint density at radius 1 is 1.33 bits per heavy atom. The maximum Gasteiger partial charge on any atom is 0.208 e. The van der Waals surface area contributed by atoms with Gasteiger partial charge in [-0.15, -0.1) is 0 Å². The first-order valence-electron chi connectivity index (χ1n) is 4.36. The second-order valence-electron chi connectivity index (χ2n) is 4.06.